The topological polar surface area (TPSA) is 61.5 Å². The summed E-state index contributed by atoms with van der Waals surface area (Å²) in [6.45, 7) is 0.332. The van der Waals surface area contributed by atoms with Crippen molar-refractivity contribution < 1.29 is 27.4 Å². The van der Waals surface area contributed by atoms with Gasteiger partial charge in [-0.3, -0.25) is 4.79 Å². The molecule has 1 saturated heterocycles. The van der Waals surface area contributed by atoms with Crippen molar-refractivity contribution in [2.45, 2.75) is 12.4 Å². The zero-order chi connectivity index (χ0) is 14.0. The molecule has 0 aliphatic carbocycles. The maximum absolute atomic E-state index is 12.3. The lowest BCUT2D eigenvalue weighted by molar-refractivity contribution is -0.274. The van der Waals surface area contributed by atoms with E-state index >= 15 is 0 Å². The Labute approximate surface area is 107 Å². The number of alkyl halides is 3. The number of benzene rings is 1. The molecule has 0 saturated carbocycles. The summed E-state index contributed by atoms with van der Waals surface area (Å²) in [4.78, 5) is 12.2. The smallest absolute Gasteiger partial charge is 0.405 e. The minimum absolute atomic E-state index is 0.111. The van der Waals surface area contributed by atoms with E-state index in [1.54, 1.807) is 0 Å². The van der Waals surface area contributed by atoms with Crippen LogP contribution in [0.5, 0.6) is 5.75 Å². The van der Waals surface area contributed by atoms with Gasteiger partial charge in [0.15, 0.2) is 5.78 Å². The number of Topliss-reactive ketones (excluding diaryl/α,β-unsaturated/α-hetero) is 1. The van der Waals surface area contributed by atoms with Crippen LogP contribution in [0.1, 0.15) is 10.4 Å². The Balaban J connectivity index is 2.26. The van der Waals surface area contributed by atoms with E-state index in [0.717, 1.165) is 6.07 Å². The lowest BCUT2D eigenvalue weighted by atomic mass is 9.93. The van der Waals surface area contributed by atoms with E-state index in [2.05, 4.69) is 4.74 Å². The summed E-state index contributed by atoms with van der Waals surface area (Å²) in [7, 11) is 0. The minimum Gasteiger partial charge on any atom is -0.405 e. The van der Waals surface area contributed by atoms with Crippen LogP contribution >= 0.6 is 0 Å². The maximum atomic E-state index is 12.3. The molecule has 0 aromatic heterocycles. The van der Waals surface area contributed by atoms with Crippen LogP contribution in [0.25, 0.3) is 0 Å². The average Bonchev–Trinajstić information content (AvgIpc) is 2.73. The van der Waals surface area contributed by atoms with E-state index < -0.39 is 29.9 Å². The Kier molecular flexibility index (Phi) is 3.77. The molecule has 0 spiro atoms. The van der Waals surface area contributed by atoms with Gasteiger partial charge in [0.05, 0.1) is 24.7 Å². The number of ether oxygens (including phenoxy) is 2. The van der Waals surface area contributed by atoms with E-state index in [1.807, 2.05) is 0 Å². The van der Waals surface area contributed by atoms with Gasteiger partial charge < -0.3 is 15.2 Å². The normalized spacial score (nSPS) is 23.4. The van der Waals surface area contributed by atoms with Gasteiger partial charge in [-0.05, 0) is 12.1 Å². The lowest BCUT2D eigenvalue weighted by Gasteiger charge is -2.16. The second-order valence-electron chi connectivity index (χ2n) is 4.22. The van der Waals surface area contributed by atoms with Gasteiger partial charge in [-0.25, -0.2) is 0 Å². The number of rotatable bonds is 3. The fraction of sp³-hybridized carbons (Fsp3) is 0.417. The fourth-order valence-corrected chi connectivity index (χ4v) is 1.92. The summed E-state index contributed by atoms with van der Waals surface area (Å²) >= 11 is 0. The molecule has 4 nitrogen and oxygen atoms in total. The molecule has 7 heteroatoms. The molecule has 1 heterocycles. The summed E-state index contributed by atoms with van der Waals surface area (Å²) < 4.78 is 45.7. The molecular formula is C12H12F3NO3. The molecule has 2 rings (SSSR count). The van der Waals surface area contributed by atoms with Crippen molar-refractivity contribution >= 4 is 5.78 Å². The molecule has 104 valence electrons. The predicted molar refractivity (Wildman–Crippen MR) is 59.7 cm³/mol. The molecule has 19 heavy (non-hydrogen) atoms. The van der Waals surface area contributed by atoms with E-state index in [4.69, 9.17) is 10.5 Å². The van der Waals surface area contributed by atoms with Crippen LogP contribution in [0.4, 0.5) is 13.2 Å². The number of carbonyl (C=O) groups excluding carboxylic acids is 1. The van der Waals surface area contributed by atoms with Crippen molar-refractivity contribution in [2.75, 3.05) is 13.2 Å². The Bertz CT molecular complexity index is 476. The highest BCUT2D eigenvalue weighted by Gasteiger charge is 2.36. The van der Waals surface area contributed by atoms with Crippen LogP contribution in [0, 0.1) is 5.92 Å². The standard InChI is InChI=1S/C12H12F3NO3/c13-12(14,15)19-10-4-2-1-3-7(10)11(17)8-5-18-6-9(8)16/h1-4,8-9H,5-6,16H2. The van der Waals surface area contributed by atoms with Crippen molar-refractivity contribution in [2.24, 2.45) is 11.7 Å². The summed E-state index contributed by atoms with van der Waals surface area (Å²) in [5.74, 6) is -1.65. The van der Waals surface area contributed by atoms with Gasteiger partial charge in [0, 0.05) is 6.04 Å². The fourth-order valence-electron chi connectivity index (χ4n) is 1.92. The zero-order valence-electron chi connectivity index (χ0n) is 9.81. The first-order valence-corrected chi connectivity index (χ1v) is 5.61. The number of hydrogen-bond acceptors (Lipinski definition) is 4. The van der Waals surface area contributed by atoms with Gasteiger partial charge in [-0.2, -0.15) is 0 Å². The first-order chi connectivity index (χ1) is 8.88. The maximum Gasteiger partial charge on any atom is 0.573 e. The number of para-hydroxylation sites is 1. The lowest BCUT2D eigenvalue weighted by Crippen LogP contribution is -2.34. The predicted octanol–water partition coefficient (Wildman–Crippen LogP) is 1.74. The molecule has 1 aliphatic heterocycles. The highest BCUT2D eigenvalue weighted by molar-refractivity contribution is 6.01. The van der Waals surface area contributed by atoms with Crippen LogP contribution < -0.4 is 10.5 Å². The molecule has 1 aromatic rings. The third kappa shape index (κ3) is 3.24. The second kappa shape index (κ2) is 5.18. The molecule has 0 amide bonds. The molecule has 0 bridgehead atoms. The van der Waals surface area contributed by atoms with Crippen molar-refractivity contribution in [3.63, 3.8) is 0 Å². The molecule has 2 N–H and O–H groups in total. The van der Waals surface area contributed by atoms with E-state index in [9.17, 15) is 18.0 Å². The molecule has 0 radical (unpaired) electrons. The van der Waals surface area contributed by atoms with Crippen molar-refractivity contribution in [3.05, 3.63) is 29.8 Å². The Morgan fingerprint density at radius 3 is 2.58 bits per heavy atom. The van der Waals surface area contributed by atoms with Crippen molar-refractivity contribution in [3.8, 4) is 5.75 Å². The number of hydrogen-bond donors (Lipinski definition) is 1. The highest BCUT2D eigenvalue weighted by Crippen LogP contribution is 2.29. The molecule has 1 aromatic carbocycles. The SMILES string of the molecule is NC1COCC1C(=O)c1ccccc1OC(F)(F)F. The first-order valence-electron chi connectivity index (χ1n) is 5.61. The van der Waals surface area contributed by atoms with E-state index in [-0.39, 0.29) is 18.8 Å². The first kappa shape index (κ1) is 13.8. The Morgan fingerprint density at radius 1 is 1.32 bits per heavy atom. The summed E-state index contributed by atoms with van der Waals surface area (Å²) in [6, 6.07) is 4.71. The monoisotopic (exact) mass is 275 g/mol. The van der Waals surface area contributed by atoms with E-state index in [0.29, 0.717) is 0 Å². The third-order valence-electron chi connectivity index (χ3n) is 2.84. The Hall–Kier alpha value is -1.60. The van der Waals surface area contributed by atoms with Crippen LogP contribution in [0.15, 0.2) is 24.3 Å². The Morgan fingerprint density at radius 2 is 2.00 bits per heavy atom. The number of ketones is 1. The summed E-state index contributed by atoms with van der Waals surface area (Å²) in [5.41, 5.74) is 5.55. The number of nitrogens with two attached hydrogens (primary N) is 1. The van der Waals surface area contributed by atoms with Gasteiger partial charge in [-0.15, -0.1) is 13.2 Å². The quantitative estimate of drug-likeness (QED) is 0.854. The van der Waals surface area contributed by atoms with Gasteiger partial charge >= 0.3 is 6.36 Å². The molecular weight excluding hydrogens is 263 g/mol. The summed E-state index contributed by atoms with van der Waals surface area (Å²) in [5, 5.41) is 0. The molecule has 2 unspecified atom stereocenters. The molecule has 2 atom stereocenters. The van der Waals surface area contributed by atoms with Crippen molar-refractivity contribution in [1.82, 2.24) is 0 Å². The second-order valence-corrected chi connectivity index (χ2v) is 4.22. The molecule has 1 aliphatic rings. The van der Waals surface area contributed by atoms with Crippen molar-refractivity contribution in [1.29, 1.82) is 0 Å². The largest absolute Gasteiger partial charge is 0.573 e. The van der Waals surface area contributed by atoms with Crippen LogP contribution in [0.2, 0.25) is 0 Å². The molecule has 1 fully saturated rings. The van der Waals surface area contributed by atoms with Gasteiger partial charge in [0.1, 0.15) is 5.75 Å². The zero-order valence-corrected chi connectivity index (χ0v) is 9.81. The van der Waals surface area contributed by atoms with Gasteiger partial charge in [0.2, 0.25) is 0 Å². The van der Waals surface area contributed by atoms with Crippen LogP contribution in [-0.2, 0) is 4.74 Å². The summed E-state index contributed by atoms with van der Waals surface area (Å²) in [6.07, 6.45) is -4.84. The third-order valence-corrected chi connectivity index (χ3v) is 2.84. The number of carbonyl (C=O) groups is 1. The number of halogens is 3. The van der Waals surface area contributed by atoms with Crippen LogP contribution in [-0.4, -0.2) is 31.4 Å². The van der Waals surface area contributed by atoms with Gasteiger partial charge in [-0.1, -0.05) is 12.1 Å². The highest BCUT2D eigenvalue weighted by atomic mass is 19.4. The van der Waals surface area contributed by atoms with Crippen LogP contribution in [0.3, 0.4) is 0 Å². The average molecular weight is 275 g/mol. The van der Waals surface area contributed by atoms with E-state index in [1.165, 1.54) is 18.2 Å². The van der Waals surface area contributed by atoms with Gasteiger partial charge in [0.25, 0.3) is 0 Å². The minimum atomic E-state index is -4.84.